The van der Waals surface area contributed by atoms with E-state index in [-0.39, 0.29) is 23.2 Å². The summed E-state index contributed by atoms with van der Waals surface area (Å²) in [6.07, 6.45) is 8.33. The van der Waals surface area contributed by atoms with E-state index < -0.39 is 0 Å². The van der Waals surface area contributed by atoms with Gasteiger partial charge in [0.1, 0.15) is 0 Å². The van der Waals surface area contributed by atoms with E-state index in [2.05, 4.69) is 10.1 Å². The number of hydrogen-bond acceptors (Lipinski definition) is 4. The van der Waals surface area contributed by atoms with Crippen molar-refractivity contribution in [2.75, 3.05) is 27.2 Å². The average Bonchev–Trinajstić information content (AvgIpc) is 2.60. The number of amides is 2. The van der Waals surface area contributed by atoms with Crippen LogP contribution in [0.2, 0.25) is 0 Å². The molecule has 6 heteroatoms. The number of methoxy groups -OCH3 is 1. The molecule has 4 fully saturated rings. The zero-order valence-corrected chi connectivity index (χ0v) is 16.1. The van der Waals surface area contributed by atoms with Gasteiger partial charge in [-0.15, -0.1) is 0 Å². The van der Waals surface area contributed by atoms with E-state index in [0.29, 0.717) is 32.4 Å². The van der Waals surface area contributed by atoms with Crippen LogP contribution in [0, 0.1) is 23.2 Å². The summed E-state index contributed by atoms with van der Waals surface area (Å²) < 4.78 is 4.59. The molecule has 0 radical (unpaired) electrons. The maximum Gasteiger partial charge on any atom is 0.305 e. The van der Waals surface area contributed by atoms with E-state index in [4.69, 9.17) is 0 Å². The fraction of sp³-hybridized carbons (Fsp3) is 0.850. The van der Waals surface area contributed by atoms with Gasteiger partial charge >= 0.3 is 5.97 Å². The van der Waals surface area contributed by atoms with E-state index in [9.17, 15) is 14.4 Å². The molecule has 0 saturated heterocycles. The van der Waals surface area contributed by atoms with Crippen LogP contribution in [-0.2, 0) is 19.1 Å². The molecule has 0 aliphatic heterocycles. The minimum atomic E-state index is -0.256. The molecule has 146 valence electrons. The first-order valence-electron chi connectivity index (χ1n) is 10.0. The van der Waals surface area contributed by atoms with E-state index in [0.717, 1.165) is 37.0 Å². The monoisotopic (exact) mass is 364 g/mol. The van der Waals surface area contributed by atoms with Gasteiger partial charge < -0.3 is 15.0 Å². The number of carbonyl (C=O) groups excluding carboxylic acids is 3. The van der Waals surface area contributed by atoms with Crippen molar-refractivity contribution in [1.29, 1.82) is 0 Å². The van der Waals surface area contributed by atoms with E-state index >= 15 is 0 Å². The van der Waals surface area contributed by atoms with Crippen LogP contribution in [0.5, 0.6) is 0 Å². The maximum absolute atomic E-state index is 12.8. The zero-order valence-electron chi connectivity index (χ0n) is 16.1. The molecule has 4 bridgehead atoms. The summed E-state index contributed by atoms with van der Waals surface area (Å²) in [6.45, 7) is 0.928. The molecule has 4 aliphatic rings. The second kappa shape index (κ2) is 7.97. The first-order valence-corrected chi connectivity index (χ1v) is 10.0. The Morgan fingerprint density at radius 1 is 1.04 bits per heavy atom. The number of rotatable bonds is 8. The summed E-state index contributed by atoms with van der Waals surface area (Å²) in [5, 5.41) is 3.05. The Morgan fingerprint density at radius 3 is 2.15 bits per heavy atom. The molecule has 0 aromatic heterocycles. The maximum atomic E-state index is 12.8. The summed E-state index contributed by atoms with van der Waals surface area (Å²) in [6, 6.07) is 0. The highest BCUT2D eigenvalue weighted by Crippen LogP contribution is 2.60. The Morgan fingerprint density at radius 2 is 1.62 bits per heavy atom. The number of hydrogen-bond donors (Lipinski definition) is 1. The fourth-order valence-electron chi connectivity index (χ4n) is 5.74. The number of nitrogens with zero attached hydrogens (tertiary/aromatic N) is 1. The van der Waals surface area contributed by atoms with E-state index in [1.165, 1.54) is 26.4 Å². The third kappa shape index (κ3) is 4.21. The molecular formula is C20H32N2O4. The van der Waals surface area contributed by atoms with Gasteiger partial charge in [0.25, 0.3) is 0 Å². The van der Waals surface area contributed by atoms with E-state index in [1.807, 2.05) is 0 Å². The van der Waals surface area contributed by atoms with Gasteiger partial charge in [-0.2, -0.15) is 0 Å². The topological polar surface area (TPSA) is 75.7 Å². The van der Waals surface area contributed by atoms with Gasteiger partial charge in [-0.1, -0.05) is 0 Å². The zero-order chi connectivity index (χ0) is 18.7. The van der Waals surface area contributed by atoms with Gasteiger partial charge in [0.2, 0.25) is 11.8 Å². The molecular weight excluding hydrogens is 332 g/mol. The molecule has 4 aliphatic carbocycles. The number of carbonyl (C=O) groups is 3. The molecule has 0 atom stereocenters. The van der Waals surface area contributed by atoms with Crippen LogP contribution in [0.1, 0.15) is 57.8 Å². The van der Waals surface area contributed by atoms with Crippen LogP contribution in [0.3, 0.4) is 0 Å². The molecule has 26 heavy (non-hydrogen) atoms. The summed E-state index contributed by atoms with van der Waals surface area (Å²) in [5.41, 5.74) is -0.149. The Hall–Kier alpha value is -1.59. The molecule has 0 aromatic rings. The predicted molar refractivity (Wildman–Crippen MR) is 97.1 cm³/mol. The summed E-state index contributed by atoms with van der Waals surface area (Å²) in [5.74, 6) is 2.16. The highest BCUT2D eigenvalue weighted by molar-refractivity contribution is 5.84. The van der Waals surface area contributed by atoms with Crippen LogP contribution in [0.15, 0.2) is 0 Å². The van der Waals surface area contributed by atoms with Crippen LogP contribution in [0.25, 0.3) is 0 Å². The lowest BCUT2D eigenvalue weighted by molar-refractivity contribution is -0.146. The lowest BCUT2D eigenvalue weighted by atomic mass is 9.49. The van der Waals surface area contributed by atoms with Gasteiger partial charge in [0.15, 0.2) is 0 Å². The molecule has 4 rings (SSSR count). The Bertz CT molecular complexity index is 525. The fourth-order valence-corrected chi connectivity index (χ4v) is 5.74. The third-order valence-corrected chi connectivity index (χ3v) is 6.67. The van der Waals surface area contributed by atoms with Crippen molar-refractivity contribution in [2.45, 2.75) is 57.8 Å². The molecule has 0 heterocycles. The second-order valence-corrected chi connectivity index (χ2v) is 8.70. The van der Waals surface area contributed by atoms with Gasteiger partial charge in [-0.05, 0) is 62.7 Å². The smallest absolute Gasteiger partial charge is 0.305 e. The number of ether oxygens (including phenoxy) is 1. The van der Waals surface area contributed by atoms with Gasteiger partial charge in [-0.25, -0.2) is 0 Å². The first kappa shape index (κ1) is 19.2. The highest BCUT2D eigenvalue weighted by atomic mass is 16.5. The van der Waals surface area contributed by atoms with Crippen molar-refractivity contribution in [2.24, 2.45) is 23.2 Å². The minimum absolute atomic E-state index is 0.000628. The molecule has 2 amide bonds. The van der Waals surface area contributed by atoms with Crippen LogP contribution in [0.4, 0.5) is 0 Å². The summed E-state index contributed by atoms with van der Waals surface area (Å²) in [7, 11) is 3.10. The van der Waals surface area contributed by atoms with Crippen LogP contribution >= 0.6 is 0 Å². The standard InChI is InChI=1S/C20H32N2O4/c1-22(7-3-4-18(24)26-2)17(23)5-6-21-19(25)20-11-14-8-15(12-20)10-16(9-14)13-20/h14-16H,3-13H2,1-2H3,(H,21,25). The first-order chi connectivity index (χ1) is 12.4. The SMILES string of the molecule is COC(=O)CCCN(C)C(=O)CCNC(=O)C12CC3CC(CC(C3)C1)C2. The summed E-state index contributed by atoms with van der Waals surface area (Å²) >= 11 is 0. The molecule has 1 N–H and O–H groups in total. The van der Waals surface area contributed by atoms with Gasteiger partial charge in [-0.3, -0.25) is 14.4 Å². The minimum Gasteiger partial charge on any atom is -0.469 e. The van der Waals surface area contributed by atoms with Gasteiger partial charge in [0.05, 0.1) is 7.11 Å². The lowest BCUT2D eigenvalue weighted by Crippen LogP contribution is -2.53. The lowest BCUT2D eigenvalue weighted by Gasteiger charge is -2.55. The van der Waals surface area contributed by atoms with Crippen molar-refractivity contribution in [3.8, 4) is 0 Å². The molecule has 0 unspecified atom stereocenters. The Kier molecular flexibility index (Phi) is 5.88. The molecule has 0 aromatic carbocycles. The molecule has 0 spiro atoms. The molecule has 4 saturated carbocycles. The van der Waals surface area contributed by atoms with Crippen molar-refractivity contribution in [1.82, 2.24) is 10.2 Å². The van der Waals surface area contributed by atoms with E-state index in [1.54, 1.807) is 11.9 Å². The largest absolute Gasteiger partial charge is 0.469 e. The van der Waals surface area contributed by atoms with Crippen molar-refractivity contribution >= 4 is 17.8 Å². The Labute approximate surface area is 156 Å². The summed E-state index contributed by atoms with van der Waals surface area (Å²) in [4.78, 5) is 37.7. The predicted octanol–water partition coefficient (Wildman–Crippen LogP) is 2.12. The van der Waals surface area contributed by atoms with Crippen molar-refractivity contribution < 1.29 is 19.1 Å². The quantitative estimate of drug-likeness (QED) is 0.670. The normalized spacial score (nSPS) is 31.5. The van der Waals surface area contributed by atoms with Crippen LogP contribution in [-0.4, -0.2) is 49.9 Å². The van der Waals surface area contributed by atoms with Gasteiger partial charge in [0, 0.05) is 38.4 Å². The molecule has 6 nitrogen and oxygen atoms in total. The van der Waals surface area contributed by atoms with Crippen molar-refractivity contribution in [3.63, 3.8) is 0 Å². The van der Waals surface area contributed by atoms with Crippen molar-refractivity contribution in [3.05, 3.63) is 0 Å². The van der Waals surface area contributed by atoms with Crippen LogP contribution < -0.4 is 5.32 Å². The number of nitrogens with one attached hydrogen (secondary N) is 1. The third-order valence-electron chi connectivity index (χ3n) is 6.67. The highest BCUT2D eigenvalue weighted by Gasteiger charge is 2.54. The number of esters is 1. The second-order valence-electron chi connectivity index (χ2n) is 8.70. The average molecular weight is 364 g/mol. The Balaban J connectivity index is 1.38.